The van der Waals surface area contributed by atoms with Gasteiger partial charge in [-0.2, -0.15) is 0 Å². The minimum Gasteiger partial charge on any atom is -0.409 e. The third kappa shape index (κ3) is 3.35. The summed E-state index contributed by atoms with van der Waals surface area (Å²) in [6.07, 6.45) is 1.61. The zero-order valence-corrected chi connectivity index (χ0v) is 11.5. The fraction of sp³-hybridized carbons (Fsp3) is 0.231. The zero-order chi connectivity index (χ0) is 15.2. The van der Waals surface area contributed by atoms with Crippen molar-refractivity contribution in [2.24, 2.45) is 10.9 Å². The molecule has 0 aliphatic carbocycles. The number of hydrogen-bond acceptors (Lipinski definition) is 5. The predicted molar refractivity (Wildman–Crippen MR) is 75.8 cm³/mol. The van der Waals surface area contributed by atoms with Crippen LogP contribution < -0.4 is 11.1 Å². The maximum Gasteiger partial charge on any atom is 0.251 e. The molecule has 8 heteroatoms. The smallest absolute Gasteiger partial charge is 0.251 e. The fourth-order valence-electron chi connectivity index (χ4n) is 1.82. The average molecular weight is 288 g/mol. The quantitative estimate of drug-likeness (QED) is 0.317. The molecular weight excluding hydrogens is 272 g/mol. The second-order valence-electron chi connectivity index (χ2n) is 4.28. The van der Waals surface area contributed by atoms with Crippen LogP contribution in [0.2, 0.25) is 0 Å². The summed E-state index contributed by atoms with van der Waals surface area (Å²) in [7, 11) is 0. The molecule has 2 rings (SSSR count). The lowest BCUT2D eigenvalue weighted by Gasteiger charge is -2.07. The van der Waals surface area contributed by atoms with Gasteiger partial charge >= 0.3 is 0 Å². The van der Waals surface area contributed by atoms with Gasteiger partial charge in [-0.3, -0.25) is 4.79 Å². The van der Waals surface area contributed by atoms with E-state index in [1.54, 1.807) is 30.6 Å². The Hall–Kier alpha value is -2.90. The molecule has 1 aromatic carbocycles. The third-order valence-corrected chi connectivity index (χ3v) is 2.97. The van der Waals surface area contributed by atoms with Crippen LogP contribution >= 0.6 is 0 Å². The molecule has 1 aromatic heterocycles. The first-order valence-corrected chi connectivity index (χ1v) is 6.38. The lowest BCUT2D eigenvalue weighted by Crippen LogP contribution is -2.25. The number of hydrogen-bond donors (Lipinski definition) is 3. The molecule has 8 nitrogen and oxygen atoms in total. The molecule has 0 spiro atoms. The summed E-state index contributed by atoms with van der Waals surface area (Å²) in [6, 6.07) is 6.51. The highest BCUT2D eigenvalue weighted by Crippen LogP contribution is 2.05. The normalized spacial score (nSPS) is 11.4. The Labute approximate surface area is 121 Å². The average Bonchev–Trinajstić information content (AvgIpc) is 2.99. The van der Waals surface area contributed by atoms with E-state index < -0.39 is 0 Å². The van der Waals surface area contributed by atoms with Gasteiger partial charge in [-0.05, 0) is 19.1 Å². The zero-order valence-electron chi connectivity index (χ0n) is 11.5. The van der Waals surface area contributed by atoms with E-state index in [1.165, 1.54) is 0 Å². The summed E-state index contributed by atoms with van der Waals surface area (Å²) in [4.78, 5) is 12.1. The Morgan fingerprint density at radius 1 is 1.48 bits per heavy atom. The SMILES string of the molecule is CCn1cnnc1CNC(=O)c1cccc(/C(N)=N/O)c1. The van der Waals surface area contributed by atoms with Crippen LogP contribution in [-0.2, 0) is 13.1 Å². The van der Waals surface area contributed by atoms with Crippen molar-refractivity contribution < 1.29 is 10.0 Å². The van der Waals surface area contributed by atoms with Gasteiger partial charge in [0.05, 0.1) is 6.54 Å². The second-order valence-corrected chi connectivity index (χ2v) is 4.28. The van der Waals surface area contributed by atoms with Gasteiger partial charge in [0.1, 0.15) is 6.33 Å². The van der Waals surface area contributed by atoms with Crippen molar-refractivity contribution in [1.29, 1.82) is 0 Å². The molecule has 0 aliphatic rings. The molecule has 21 heavy (non-hydrogen) atoms. The molecule has 1 amide bonds. The van der Waals surface area contributed by atoms with E-state index in [2.05, 4.69) is 20.7 Å². The molecule has 110 valence electrons. The molecule has 2 aromatic rings. The second kappa shape index (κ2) is 6.51. The van der Waals surface area contributed by atoms with Gasteiger partial charge < -0.3 is 20.8 Å². The van der Waals surface area contributed by atoms with E-state index in [0.29, 0.717) is 17.0 Å². The first kappa shape index (κ1) is 14.5. The summed E-state index contributed by atoms with van der Waals surface area (Å²) in [5.41, 5.74) is 6.39. The van der Waals surface area contributed by atoms with Gasteiger partial charge in [-0.15, -0.1) is 10.2 Å². The molecule has 1 heterocycles. The lowest BCUT2D eigenvalue weighted by atomic mass is 10.1. The Kier molecular flexibility index (Phi) is 4.50. The van der Waals surface area contributed by atoms with Crippen molar-refractivity contribution in [3.63, 3.8) is 0 Å². The molecule has 0 saturated carbocycles. The van der Waals surface area contributed by atoms with E-state index in [9.17, 15) is 4.79 Å². The maximum atomic E-state index is 12.1. The molecule has 0 bridgehead atoms. The standard InChI is InChI=1S/C13H16N6O2/c1-2-19-8-16-17-11(19)7-15-13(20)10-5-3-4-9(6-10)12(14)18-21/h3-6,8,21H,2,7H2,1H3,(H2,14,18)(H,15,20). The molecule has 4 N–H and O–H groups in total. The van der Waals surface area contributed by atoms with Crippen LogP contribution in [0, 0.1) is 0 Å². The lowest BCUT2D eigenvalue weighted by molar-refractivity contribution is 0.0949. The number of aromatic nitrogens is 3. The van der Waals surface area contributed by atoms with E-state index in [1.807, 2.05) is 11.5 Å². The number of aryl methyl sites for hydroxylation is 1. The highest BCUT2D eigenvalue weighted by atomic mass is 16.4. The van der Waals surface area contributed by atoms with Crippen LogP contribution in [0.3, 0.4) is 0 Å². The number of nitrogens with zero attached hydrogens (tertiary/aromatic N) is 4. The number of carbonyl (C=O) groups excluding carboxylic acids is 1. The van der Waals surface area contributed by atoms with E-state index in [4.69, 9.17) is 10.9 Å². The van der Waals surface area contributed by atoms with Gasteiger partial charge in [0, 0.05) is 17.7 Å². The van der Waals surface area contributed by atoms with Crippen LogP contribution in [0.1, 0.15) is 28.7 Å². The Bertz CT molecular complexity index is 664. The van der Waals surface area contributed by atoms with Crippen LogP contribution in [0.15, 0.2) is 35.7 Å². The molecule has 0 unspecified atom stereocenters. The molecule has 0 fully saturated rings. The number of oxime groups is 1. The number of nitrogens with one attached hydrogen (secondary N) is 1. The van der Waals surface area contributed by atoms with Crippen molar-refractivity contribution in [3.8, 4) is 0 Å². The number of rotatable bonds is 5. The highest BCUT2D eigenvalue weighted by molar-refractivity contribution is 6.01. The van der Waals surface area contributed by atoms with Crippen molar-refractivity contribution in [2.45, 2.75) is 20.0 Å². The topological polar surface area (TPSA) is 118 Å². The van der Waals surface area contributed by atoms with Crippen molar-refractivity contribution in [1.82, 2.24) is 20.1 Å². The number of amides is 1. The first-order valence-electron chi connectivity index (χ1n) is 6.38. The van der Waals surface area contributed by atoms with Crippen LogP contribution in [0.5, 0.6) is 0 Å². The summed E-state index contributed by atoms with van der Waals surface area (Å²) in [5.74, 6) is 0.363. The minimum atomic E-state index is -0.270. The summed E-state index contributed by atoms with van der Waals surface area (Å²) >= 11 is 0. The maximum absolute atomic E-state index is 12.1. The van der Waals surface area contributed by atoms with Crippen molar-refractivity contribution >= 4 is 11.7 Å². The van der Waals surface area contributed by atoms with E-state index in [-0.39, 0.29) is 18.3 Å². The Balaban J connectivity index is 2.07. The summed E-state index contributed by atoms with van der Waals surface area (Å²) in [5, 5.41) is 22.0. The highest BCUT2D eigenvalue weighted by Gasteiger charge is 2.09. The summed E-state index contributed by atoms with van der Waals surface area (Å²) < 4.78 is 1.84. The third-order valence-electron chi connectivity index (χ3n) is 2.97. The monoisotopic (exact) mass is 288 g/mol. The van der Waals surface area contributed by atoms with Gasteiger partial charge in [-0.1, -0.05) is 17.3 Å². The predicted octanol–water partition coefficient (Wildman–Crippen LogP) is 0.322. The molecule has 0 aliphatic heterocycles. The Morgan fingerprint density at radius 2 is 2.24 bits per heavy atom. The largest absolute Gasteiger partial charge is 0.409 e. The summed E-state index contributed by atoms with van der Waals surface area (Å²) in [6.45, 7) is 2.98. The fourth-order valence-corrected chi connectivity index (χ4v) is 1.82. The van der Waals surface area contributed by atoms with Crippen LogP contribution in [0.4, 0.5) is 0 Å². The van der Waals surface area contributed by atoms with Gasteiger partial charge in [-0.25, -0.2) is 0 Å². The van der Waals surface area contributed by atoms with Crippen molar-refractivity contribution in [3.05, 3.63) is 47.5 Å². The van der Waals surface area contributed by atoms with Gasteiger partial charge in [0.15, 0.2) is 11.7 Å². The van der Waals surface area contributed by atoms with Gasteiger partial charge in [0.2, 0.25) is 0 Å². The molecular formula is C13H16N6O2. The number of nitrogens with two attached hydrogens (primary N) is 1. The van der Waals surface area contributed by atoms with Crippen molar-refractivity contribution in [2.75, 3.05) is 0 Å². The molecule has 0 atom stereocenters. The van der Waals surface area contributed by atoms with Crippen LogP contribution in [0.25, 0.3) is 0 Å². The van der Waals surface area contributed by atoms with E-state index >= 15 is 0 Å². The number of benzene rings is 1. The van der Waals surface area contributed by atoms with Gasteiger partial charge in [0.25, 0.3) is 5.91 Å². The Morgan fingerprint density at radius 3 is 2.95 bits per heavy atom. The van der Waals surface area contributed by atoms with Crippen LogP contribution in [-0.4, -0.2) is 31.7 Å². The molecule has 0 saturated heterocycles. The number of amidine groups is 1. The van der Waals surface area contributed by atoms with E-state index in [0.717, 1.165) is 6.54 Å². The first-order chi connectivity index (χ1) is 10.2. The number of carbonyl (C=O) groups is 1. The minimum absolute atomic E-state index is 0.0459. The molecule has 0 radical (unpaired) electrons.